The monoisotopic (exact) mass is 454 g/mol. The third kappa shape index (κ3) is 4.59. The molecule has 4 rings (SSSR count). The number of morpholine rings is 1. The summed E-state index contributed by atoms with van der Waals surface area (Å²) in [7, 11) is 0. The van der Waals surface area contributed by atoms with Crippen LogP contribution in [0.4, 0.5) is 4.39 Å². The highest BCUT2D eigenvalue weighted by atomic mass is 32.2. The van der Waals surface area contributed by atoms with Gasteiger partial charge in [-0.25, -0.2) is 4.39 Å². The lowest BCUT2D eigenvalue weighted by atomic mass is 9.80. The number of hydrogen-bond donors (Lipinski definition) is 1. The van der Waals surface area contributed by atoms with E-state index in [4.69, 9.17) is 4.74 Å². The van der Waals surface area contributed by atoms with Gasteiger partial charge in [0.1, 0.15) is 0 Å². The van der Waals surface area contributed by atoms with Crippen molar-refractivity contribution in [2.75, 3.05) is 26.3 Å². The smallest absolute Gasteiger partial charge is 0.286 e. The number of thioether (sulfide) groups is 1. The summed E-state index contributed by atoms with van der Waals surface area (Å²) in [5.41, 5.74) is 2.56. The van der Waals surface area contributed by atoms with Crippen LogP contribution in [0.25, 0.3) is 17.2 Å². The molecule has 0 radical (unpaired) electrons. The number of carbonyl (C=O) groups is 1. The maximum absolute atomic E-state index is 14.6. The lowest BCUT2D eigenvalue weighted by Gasteiger charge is -2.27. The standard InChI is InChI=1S/C25H27FN2O3S/c1-4-25(2,3)19-14-18(15-20(26)22(19)29)17-7-5-6-16(12-17)13-21-23(30)27-24(32-21)28-8-10-31-11-9-28/h5-7,12-15,29H,4,8-11H2,1-3H3/b21-13+. The SMILES string of the molecule is CCC(C)(C)c1cc(-c2cccc(/C=C3/SC(N4CCOCC4)=NC3=O)c2)cc(F)c1O. The molecule has 2 aromatic carbocycles. The number of hydrogen-bond acceptors (Lipinski definition) is 5. The van der Waals surface area contributed by atoms with Crippen LogP contribution in [0.5, 0.6) is 5.75 Å². The lowest BCUT2D eigenvalue weighted by Crippen LogP contribution is -2.38. The molecule has 0 aromatic heterocycles. The Balaban J connectivity index is 1.62. The highest BCUT2D eigenvalue weighted by molar-refractivity contribution is 8.18. The first-order chi connectivity index (χ1) is 15.3. The molecule has 0 aliphatic carbocycles. The van der Waals surface area contributed by atoms with Gasteiger partial charge in [0.15, 0.2) is 16.7 Å². The van der Waals surface area contributed by atoms with Gasteiger partial charge in [0.25, 0.3) is 5.91 Å². The number of ether oxygens (including phenoxy) is 1. The van der Waals surface area contributed by atoms with Crippen LogP contribution >= 0.6 is 11.8 Å². The zero-order chi connectivity index (χ0) is 22.9. The minimum absolute atomic E-state index is 0.246. The summed E-state index contributed by atoms with van der Waals surface area (Å²) in [6, 6.07) is 10.8. The van der Waals surface area contributed by atoms with Crippen LogP contribution in [0.3, 0.4) is 0 Å². The van der Waals surface area contributed by atoms with Crippen LogP contribution in [0.1, 0.15) is 38.3 Å². The van der Waals surface area contributed by atoms with Crippen LogP contribution in [0.15, 0.2) is 46.3 Å². The average molecular weight is 455 g/mol. The molecule has 5 nitrogen and oxygen atoms in total. The van der Waals surface area contributed by atoms with Crippen molar-refractivity contribution in [2.45, 2.75) is 32.6 Å². The Morgan fingerprint density at radius 2 is 1.97 bits per heavy atom. The molecule has 1 amide bonds. The molecule has 0 saturated carbocycles. The van der Waals surface area contributed by atoms with E-state index in [1.807, 2.05) is 57.2 Å². The fraction of sp³-hybridized carbons (Fsp3) is 0.360. The highest BCUT2D eigenvalue weighted by Gasteiger charge is 2.27. The average Bonchev–Trinajstić information content (AvgIpc) is 3.16. The third-order valence-corrected chi connectivity index (χ3v) is 7.13. The van der Waals surface area contributed by atoms with Crippen molar-refractivity contribution in [3.05, 3.63) is 58.2 Å². The van der Waals surface area contributed by atoms with Crippen LogP contribution < -0.4 is 0 Å². The number of benzene rings is 2. The number of amidine groups is 1. The first kappa shape index (κ1) is 22.6. The molecule has 0 bridgehead atoms. The second-order valence-electron chi connectivity index (χ2n) is 8.63. The van der Waals surface area contributed by atoms with Crippen LogP contribution in [-0.2, 0) is 14.9 Å². The summed E-state index contributed by atoms with van der Waals surface area (Å²) in [4.78, 5) is 19.3. The van der Waals surface area contributed by atoms with Gasteiger partial charge < -0.3 is 14.7 Å². The summed E-state index contributed by atoms with van der Waals surface area (Å²) in [6.45, 7) is 8.71. The first-order valence-corrected chi connectivity index (χ1v) is 11.6. The number of amides is 1. The minimum atomic E-state index is -0.632. The van der Waals surface area contributed by atoms with Crippen molar-refractivity contribution >= 4 is 28.9 Å². The van der Waals surface area contributed by atoms with Crippen molar-refractivity contribution in [2.24, 2.45) is 4.99 Å². The van der Waals surface area contributed by atoms with Gasteiger partial charge in [-0.1, -0.05) is 39.0 Å². The Morgan fingerprint density at radius 3 is 2.69 bits per heavy atom. The van der Waals surface area contributed by atoms with Crippen molar-refractivity contribution in [3.8, 4) is 16.9 Å². The van der Waals surface area contributed by atoms with Gasteiger partial charge >= 0.3 is 0 Å². The van der Waals surface area contributed by atoms with E-state index in [1.54, 1.807) is 0 Å². The number of halogens is 1. The molecule has 1 saturated heterocycles. The Kier molecular flexibility index (Phi) is 6.40. The van der Waals surface area contributed by atoms with Gasteiger partial charge in [-0.3, -0.25) is 4.79 Å². The Morgan fingerprint density at radius 1 is 1.22 bits per heavy atom. The molecule has 2 aromatic rings. The molecule has 0 unspecified atom stereocenters. The second kappa shape index (κ2) is 9.08. The Bertz CT molecular complexity index is 1100. The fourth-order valence-electron chi connectivity index (χ4n) is 3.72. The predicted molar refractivity (Wildman–Crippen MR) is 127 cm³/mol. The van der Waals surface area contributed by atoms with Crippen molar-refractivity contribution < 1.29 is 19.0 Å². The van der Waals surface area contributed by atoms with E-state index in [9.17, 15) is 14.3 Å². The van der Waals surface area contributed by atoms with Gasteiger partial charge in [0.2, 0.25) is 0 Å². The van der Waals surface area contributed by atoms with Gasteiger partial charge in [-0.05, 0) is 64.6 Å². The van der Waals surface area contributed by atoms with Crippen molar-refractivity contribution in [3.63, 3.8) is 0 Å². The van der Waals surface area contributed by atoms with E-state index >= 15 is 0 Å². The molecule has 2 heterocycles. The zero-order valence-electron chi connectivity index (χ0n) is 18.5. The third-order valence-electron chi connectivity index (χ3n) is 6.08. The van der Waals surface area contributed by atoms with Crippen LogP contribution in [-0.4, -0.2) is 47.4 Å². The number of aromatic hydroxyl groups is 1. The van der Waals surface area contributed by atoms with E-state index in [0.717, 1.165) is 30.6 Å². The normalized spacial score (nSPS) is 18.4. The molecule has 168 valence electrons. The summed E-state index contributed by atoms with van der Waals surface area (Å²) in [5.74, 6) is -1.17. The molecular formula is C25H27FN2O3S. The number of phenolic OH excluding ortho intramolecular Hbond substituents is 1. The Labute approximate surface area is 192 Å². The van der Waals surface area contributed by atoms with Crippen LogP contribution in [0.2, 0.25) is 0 Å². The molecule has 32 heavy (non-hydrogen) atoms. The molecule has 1 fully saturated rings. The van der Waals surface area contributed by atoms with Gasteiger partial charge in [-0.2, -0.15) is 4.99 Å². The summed E-state index contributed by atoms with van der Waals surface area (Å²) in [6.07, 6.45) is 2.58. The molecule has 7 heteroatoms. The molecular weight excluding hydrogens is 427 g/mol. The van der Waals surface area contributed by atoms with Crippen molar-refractivity contribution in [1.29, 1.82) is 0 Å². The Hall–Kier alpha value is -2.64. The van der Waals surface area contributed by atoms with E-state index in [0.29, 0.717) is 34.4 Å². The summed E-state index contributed by atoms with van der Waals surface area (Å²) < 4.78 is 19.9. The molecule has 1 N–H and O–H groups in total. The van der Waals surface area contributed by atoms with Crippen LogP contribution in [0, 0.1) is 5.82 Å². The molecule has 0 spiro atoms. The molecule has 0 atom stereocenters. The lowest BCUT2D eigenvalue weighted by molar-refractivity contribution is -0.113. The minimum Gasteiger partial charge on any atom is -0.505 e. The van der Waals surface area contributed by atoms with E-state index < -0.39 is 5.82 Å². The fourth-order valence-corrected chi connectivity index (χ4v) is 4.68. The zero-order valence-corrected chi connectivity index (χ0v) is 19.3. The summed E-state index contributed by atoms with van der Waals surface area (Å²) >= 11 is 1.37. The maximum Gasteiger partial charge on any atom is 0.286 e. The van der Waals surface area contributed by atoms with Crippen molar-refractivity contribution in [1.82, 2.24) is 4.90 Å². The number of aliphatic imine (C=N–C) groups is 1. The topological polar surface area (TPSA) is 62.1 Å². The van der Waals surface area contributed by atoms with Gasteiger partial charge in [0, 0.05) is 18.7 Å². The van der Waals surface area contributed by atoms with E-state index in [1.165, 1.54) is 17.8 Å². The van der Waals surface area contributed by atoms with E-state index in [-0.39, 0.29) is 17.1 Å². The predicted octanol–water partition coefficient (Wildman–Crippen LogP) is 5.19. The van der Waals surface area contributed by atoms with Gasteiger partial charge in [-0.15, -0.1) is 0 Å². The second-order valence-corrected chi connectivity index (χ2v) is 9.64. The van der Waals surface area contributed by atoms with Gasteiger partial charge in [0.05, 0.1) is 18.1 Å². The number of nitrogens with zero attached hydrogens (tertiary/aromatic N) is 2. The number of phenols is 1. The largest absolute Gasteiger partial charge is 0.505 e. The first-order valence-electron chi connectivity index (χ1n) is 10.8. The molecule has 2 aliphatic heterocycles. The summed E-state index contributed by atoms with van der Waals surface area (Å²) in [5, 5.41) is 11.0. The number of rotatable bonds is 4. The number of carbonyl (C=O) groups excluding carboxylic acids is 1. The quantitative estimate of drug-likeness (QED) is 0.645. The molecule has 2 aliphatic rings. The maximum atomic E-state index is 14.6. The highest BCUT2D eigenvalue weighted by Crippen LogP contribution is 2.39. The van der Waals surface area contributed by atoms with E-state index in [2.05, 4.69) is 9.89 Å².